The maximum absolute atomic E-state index is 15.4. The van der Waals surface area contributed by atoms with E-state index >= 15 is 4.39 Å². The highest BCUT2D eigenvalue weighted by atomic mass is 35.5. The first-order chi connectivity index (χ1) is 20.7. The summed E-state index contributed by atoms with van der Waals surface area (Å²) in [6.07, 6.45) is 5.21. The lowest BCUT2D eigenvalue weighted by atomic mass is 9.97. The molecule has 43 heavy (non-hydrogen) atoms. The van der Waals surface area contributed by atoms with Gasteiger partial charge in [0, 0.05) is 24.0 Å². The summed E-state index contributed by atoms with van der Waals surface area (Å²) in [5.74, 6) is -0.799. The molecule has 15 heteroatoms. The van der Waals surface area contributed by atoms with Crippen LogP contribution in [0, 0.1) is 11.0 Å². The second kappa shape index (κ2) is 11.5. The van der Waals surface area contributed by atoms with Gasteiger partial charge in [-0.25, -0.2) is 13.8 Å². The number of aliphatic hydroxyl groups is 1. The van der Waals surface area contributed by atoms with E-state index in [0.717, 1.165) is 6.20 Å². The molecule has 2 atom stereocenters. The van der Waals surface area contributed by atoms with Crippen molar-refractivity contribution in [1.29, 1.82) is 0 Å². The first kappa shape index (κ1) is 28.4. The Labute approximate surface area is 251 Å². The smallest absolute Gasteiger partial charge is 0.333 e. The molecule has 6 rings (SSSR count). The molecule has 0 aliphatic carbocycles. The zero-order valence-corrected chi connectivity index (χ0v) is 23.2. The third-order valence-electron chi connectivity index (χ3n) is 6.80. The van der Waals surface area contributed by atoms with Gasteiger partial charge in [0.05, 0.1) is 39.9 Å². The standard InChI is InChI=1S/C28H19Cl2F3N8O2/c29-19-7-9-21(38-15-23(30)36-37-38)24(25(19)31)17-6-8-22(40(43)14-17)26(27(42)16-4-2-1-3-5-16)39-13-18(12-35-39)20-10-11-34-41(20)28(32)33/h1-15,26-28,42H. The molecule has 10 nitrogen and oxygen atoms in total. The molecule has 0 aliphatic heterocycles. The van der Waals surface area contributed by atoms with Crippen molar-refractivity contribution in [1.82, 2.24) is 34.6 Å². The van der Waals surface area contributed by atoms with Crippen LogP contribution >= 0.6 is 23.2 Å². The van der Waals surface area contributed by atoms with Gasteiger partial charge in [0.1, 0.15) is 6.10 Å². The highest BCUT2D eigenvalue weighted by molar-refractivity contribution is 6.31. The number of aromatic nitrogens is 8. The Morgan fingerprint density at radius 1 is 0.930 bits per heavy atom. The highest BCUT2D eigenvalue weighted by Crippen LogP contribution is 2.36. The molecule has 2 aromatic carbocycles. The molecule has 1 N–H and O–H groups in total. The predicted molar refractivity (Wildman–Crippen MR) is 150 cm³/mol. The number of rotatable bonds is 8. The van der Waals surface area contributed by atoms with Crippen molar-refractivity contribution in [3.05, 3.63) is 124 Å². The Bertz CT molecular complexity index is 1910. The van der Waals surface area contributed by atoms with E-state index in [4.69, 9.17) is 23.2 Å². The molecular weight excluding hydrogens is 608 g/mol. The van der Waals surface area contributed by atoms with Gasteiger partial charge in [0.2, 0.25) is 5.69 Å². The van der Waals surface area contributed by atoms with Crippen LogP contribution in [-0.2, 0) is 0 Å². The van der Waals surface area contributed by atoms with E-state index in [1.54, 1.807) is 30.3 Å². The normalized spacial score (nSPS) is 13.0. The van der Waals surface area contributed by atoms with E-state index in [9.17, 15) is 19.1 Å². The molecule has 0 aliphatic rings. The van der Waals surface area contributed by atoms with Crippen molar-refractivity contribution in [3.8, 4) is 28.1 Å². The van der Waals surface area contributed by atoms with Gasteiger partial charge in [-0.3, -0.25) is 4.68 Å². The van der Waals surface area contributed by atoms with Crippen LogP contribution in [0.2, 0.25) is 10.2 Å². The molecule has 0 fully saturated rings. The van der Waals surface area contributed by atoms with Crippen molar-refractivity contribution in [2.45, 2.75) is 18.7 Å². The largest absolute Gasteiger partial charge is 0.618 e. The second-order valence-electron chi connectivity index (χ2n) is 9.36. The number of halogens is 5. The third kappa shape index (κ3) is 5.33. The van der Waals surface area contributed by atoms with Gasteiger partial charge in [0.15, 0.2) is 23.2 Å². The lowest BCUT2D eigenvalue weighted by Crippen LogP contribution is -2.37. The van der Waals surface area contributed by atoms with Crippen LogP contribution in [-0.4, -0.2) is 39.7 Å². The Kier molecular flexibility index (Phi) is 7.61. The van der Waals surface area contributed by atoms with Gasteiger partial charge in [-0.2, -0.15) is 23.7 Å². The van der Waals surface area contributed by atoms with Gasteiger partial charge in [-0.15, -0.1) is 5.10 Å². The van der Waals surface area contributed by atoms with Crippen LogP contribution in [0.5, 0.6) is 0 Å². The van der Waals surface area contributed by atoms with Gasteiger partial charge in [0.25, 0.3) is 0 Å². The van der Waals surface area contributed by atoms with E-state index in [0.29, 0.717) is 15.0 Å². The fraction of sp³-hybridized carbons (Fsp3) is 0.107. The molecule has 4 aromatic heterocycles. The Morgan fingerprint density at radius 2 is 1.72 bits per heavy atom. The fourth-order valence-corrected chi connectivity index (χ4v) is 5.12. The molecule has 218 valence electrons. The lowest BCUT2D eigenvalue weighted by Gasteiger charge is -2.23. The van der Waals surface area contributed by atoms with Crippen molar-refractivity contribution in [3.63, 3.8) is 0 Å². The number of aliphatic hydroxyl groups excluding tert-OH is 1. The number of pyridine rings is 1. The summed E-state index contributed by atoms with van der Waals surface area (Å²) in [4.78, 5) is 0. The minimum absolute atomic E-state index is 0.0323. The van der Waals surface area contributed by atoms with Crippen LogP contribution < -0.4 is 4.73 Å². The predicted octanol–water partition coefficient (Wildman–Crippen LogP) is 5.79. The fourth-order valence-electron chi connectivity index (χ4n) is 4.83. The number of alkyl halides is 2. The second-order valence-corrected chi connectivity index (χ2v) is 10.2. The van der Waals surface area contributed by atoms with Gasteiger partial charge >= 0.3 is 6.55 Å². The minimum atomic E-state index is -2.89. The van der Waals surface area contributed by atoms with Crippen molar-refractivity contribution in [2.24, 2.45) is 0 Å². The summed E-state index contributed by atoms with van der Waals surface area (Å²) in [7, 11) is 0. The Hall–Kier alpha value is -4.72. The molecule has 0 radical (unpaired) electrons. The lowest BCUT2D eigenvalue weighted by molar-refractivity contribution is -0.616. The van der Waals surface area contributed by atoms with E-state index < -0.39 is 24.5 Å². The van der Waals surface area contributed by atoms with Crippen LogP contribution in [0.15, 0.2) is 91.6 Å². The summed E-state index contributed by atoms with van der Waals surface area (Å²) in [5.41, 5.74) is 1.22. The van der Waals surface area contributed by atoms with Crippen LogP contribution in [0.1, 0.15) is 30.0 Å². The van der Waals surface area contributed by atoms with Crippen molar-refractivity contribution < 1.29 is 23.0 Å². The first-order valence-electron chi connectivity index (χ1n) is 12.6. The number of benzene rings is 2. The zero-order valence-electron chi connectivity index (χ0n) is 21.7. The van der Waals surface area contributed by atoms with Gasteiger partial charge in [-0.05, 0) is 29.8 Å². The molecular formula is C28H19Cl2F3N8O2. The van der Waals surface area contributed by atoms with Crippen molar-refractivity contribution in [2.75, 3.05) is 0 Å². The molecule has 2 unspecified atom stereocenters. The quantitative estimate of drug-likeness (QED) is 0.169. The first-order valence-corrected chi connectivity index (χ1v) is 13.4. The monoisotopic (exact) mass is 626 g/mol. The molecule has 0 saturated heterocycles. The summed E-state index contributed by atoms with van der Waals surface area (Å²) < 4.78 is 46.0. The average molecular weight is 627 g/mol. The van der Waals surface area contributed by atoms with Crippen molar-refractivity contribution >= 4 is 23.2 Å². The van der Waals surface area contributed by atoms with Crippen LogP contribution in [0.3, 0.4) is 0 Å². The summed E-state index contributed by atoms with van der Waals surface area (Å²) >= 11 is 12.0. The van der Waals surface area contributed by atoms with Crippen LogP contribution in [0.25, 0.3) is 28.1 Å². The van der Waals surface area contributed by atoms with Gasteiger partial charge in [-0.1, -0.05) is 58.7 Å². The van der Waals surface area contributed by atoms with E-state index in [2.05, 4.69) is 20.5 Å². The molecule has 0 amide bonds. The summed E-state index contributed by atoms with van der Waals surface area (Å²) in [6.45, 7) is -2.89. The average Bonchev–Trinajstić information content (AvgIpc) is 3.77. The zero-order chi connectivity index (χ0) is 30.2. The maximum Gasteiger partial charge on any atom is 0.333 e. The molecule has 4 heterocycles. The molecule has 6 aromatic rings. The Balaban J connectivity index is 1.47. The third-order valence-corrected chi connectivity index (χ3v) is 7.26. The Morgan fingerprint density at radius 3 is 2.42 bits per heavy atom. The number of hydrogen-bond donors (Lipinski definition) is 1. The molecule has 0 saturated carbocycles. The number of nitrogens with zero attached hydrogens (tertiary/aromatic N) is 8. The SMILES string of the molecule is [O-][n+]1cc(-c2c(-n3cc(Cl)nn3)ccc(Cl)c2F)ccc1C(C(O)c1ccccc1)n1cc(-c2ccnn2C(F)F)cn1. The number of hydrogen-bond acceptors (Lipinski definition) is 6. The van der Waals surface area contributed by atoms with Gasteiger partial charge < -0.3 is 10.3 Å². The minimum Gasteiger partial charge on any atom is -0.618 e. The summed E-state index contributed by atoms with van der Waals surface area (Å²) in [6, 6.07) is 14.6. The molecule has 0 bridgehead atoms. The van der Waals surface area contributed by atoms with Crippen LogP contribution in [0.4, 0.5) is 13.2 Å². The van der Waals surface area contributed by atoms with E-state index in [-0.39, 0.29) is 43.9 Å². The van der Waals surface area contributed by atoms with E-state index in [1.165, 1.54) is 64.5 Å². The topological polar surface area (TPSA) is 114 Å². The van der Waals surface area contributed by atoms with E-state index in [1.807, 2.05) is 0 Å². The maximum atomic E-state index is 15.4. The highest BCUT2D eigenvalue weighted by Gasteiger charge is 2.33. The summed E-state index contributed by atoms with van der Waals surface area (Å²) in [5, 5.41) is 40.6. The molecule has 0 spiro atoms.